The standard InChI is InChI=1S/C29H31N5O3/c1-19-26(23-14-15-25(35)33(2)17-23)32-34(24-10-5-4-6-11-24)28(19)31-29(36)30-27(21-12-13-21)22-9-7-8-20(16-22)18-37-3/h4-11,14-17,21,27H,12-13,18H2,1-3H3,(H2,30,31,36). The molecule has 1 aliphatic rings. The van der Waals surface area contributed by atoms with Gasteiger partial charge in [0.05, 0.1) is 24.0 Å². The van der Waals surface area contributed by atoms with Gasteiger partial charge in [0.2, 0.25) is 5.56 Å². The number of carbonyl (C=O) groups is 1. The first-order chi connectivity index (χ1) is 17.9. The SMILES string of the molecule is COCc1cccc(C(NC(=O)Nc2c(C)c(-c3ccc(=O)n(C)c3)nn2-c2ccccc2)C2CC2)c1. The molecule has 37 heavy (non-hydrogen) atoms. The number of ether oxygens (including phenoxy) is 1. The summed E-state index contributed by atoms with van der Waals surface area (Å²) in [4.78, 5) is 25.3. The molecule has 1 fully saturated rings. The average molecular weight is 498 g/mol. The lowest BCUT2D eigenvalue weighted by Crippen LogP contribution is -2.34. The van der Waals surface area contributed by atoms with E-state index in [1.807, 2.05) is 49.4 Å². The summed E-state index contributed by atoms with van der Waals surface area (Å²) < 4.78 is 8.55. The molecule has 1 unspecified atom stereocenters. The summed E-state index contributed by atoms with van der Waals surface area (Å²) in [5.41, 5.74) is 5.18. The predicted molar refractivity (Wildman–Crippen MR) is 144 cm³/mol. The highest BCUT2D eigenvalue weighted by Crippen LogP contribution is 2.41. The van der Waals surface area contributed by atoms with Crippen molar-refractivity contribution in [3.8, 4) is 16.9 Å². The van der Waals surface area contributed by atoms with Crippen LogP contribution in [0.25, 0.3) is 16.9 Å². The summed E-state index contributed by atoms with van der Waals surface area (Å²) >= 11 is 0. The number of nitrogens with zero attached hydrogens (tertiary/aromatic N) is 3. The van der Waals surface area contributed by atoms with Gasteiger partial charge in [-0.05, 0) is 55.0 Å². The molecule has 4 aromatic rings. The van der Waals surface area contributed by atoms with Crippen molar-refractivity contribution in [1.29, 1.82) is 0 Å². The highest BCUT2D eigenvalue weighted by atomic mass is 16.5. The van der Waals surface area contributed by atoms with Crippen LogP contribution in [0.15, 0.2) is 77.7 Å². The van der Waals surface area contributed by atoms with Crippen molar-refractivity contribution in [1.82, 2.24) is 19.7 Å². The molecule has 2 aromatic carbocycles. The molecule has 0 radical (unpaired) electrons. The number of rotatable bonds is 8. The first-order valence-electron chi connectivity index (χ1n) is 12.4. The molecule has 0 saturated heterocycles. The van der Waals surface area contributed by atoms with Gasteiger partial charge in [-0.2, -0.15) is 5.10 Å². The summed E-state index contributed by atoms with van der Waals surface area (Å²) in [6.07, 6.45) is 3.92. The highest BCUT2D eigenvalue weighted by Gasteiger charge is 2.34. The Hall–Kier alpha value is -4.17. The maximum atomic E-state index is 13.4. The molecule has 1 atom stereocenters. The maximum Gasteiger partial charge on any atom is 0.320 e. The van der Waals surface area contributed by atoms with Crippen LogP contribution in [0, 0.1) is 12.8 Å². The van der Waals surface area contributed by atoms with E-state index in [1.54, 1.807) is 31.1 Å². The lowest BCUT2D eigenvalue weighted by atomic mass is 10.0. The number of nitrogens with one attached hydrogen (secondary N) is 2. The van der Waals surface area contributed by atoms with Crippen LogP contribution in [0.3, 0.4) is 0 Å². The van der Waals surface area contributed by atoms with Gasteiger partial charge >= 0.3 is 6.03 Å². The molecule has 1 saturated carbocycles. The second kappa shape index (κ2) is 10.4. The predicted octanol–water partition coefficient (Wildman–Crippen LogP) is 4.97. The Morgan fingerprint density at radius 2 is 1.89 bits per heavy atom. The topological polar surface area (TPSA) is 90.2 Å². The molecule has 0 spiro atoms. The van der Waals surface area contributed by atoms with E-state index in [0.717, 1.165) is 40.8 Å². The van der Waals surface area contributed by atoms with Gasteiger partial charge in [0, 0.05) is 37.5 Å². The van der Waals surface area contributed by atoms with Gasteiger partial charge in [-0.3, -0.25) is 10.1 Å². The molecule has 2 amide bonds. The summed E-state index contributed by atoms with van der Waals surface area (Å²) in [6, 6.07) is 20.8. The zero-order valence-corrected chi connectivity index (χ0v) is 21.3. The van der Waals surface area contributed by atoms with Gasteiger partial charge in [0.25, 0.3) is 0 Å². The van der Waals surface area contributed by atoms with Crippen LogP contribution in [-0.4, -0.2) is 27.5 Å². The smallest absolute Gasteiger partial charge is 0.320 e. The number of anilines is 1. The van der Waals surface area contributed by atoms with Crippen molar-refractivity contribution < 1.29 is 9.53 Å². The van der Waals surface area contributed by atoms with Crippen molar-refractivity contribution in [3.63, 3.8) is 0 Å². The van der Waals surface area contributed by atoms with Crippen molar-refractivity contribution in [2.75, 3.05) is 12.4 Å². The quantitative estimate of drug-likeness (QED) is 0.360. The van der Waals surface area contributed by atoms with Gasteiger partial charge in [-0.1, -0.05) is 42.5 Å². The largest absolute Gasteiger partial charge is 0.380 e. The first kappa shape index (κ1) is 24.5. The fraction of sp³-hybridized carbons (Fsp3) is 0.276. The van der Waals surface area contributed by atoms with Gasteiger partial charge < -0.3 is 14.6 Å². The summed E-state index contributed by atoms with van der Waals surface area (Å²) in [5, 5.41) is 11.1. The normalized spacial score (nSPS) is 13.8. The Balaban J connectivity index is 1.47. The third-order valence-electron chi connectivity index (χ3n) is 6.72. The Kier molecular flexibility index (Phi) is 6.92. The second-order valence-electron chi connectivity index (χ2n) is 9.53. The highest BCUT2D eigenvalue weighted by molar-refractivity contribution is 5.91. The number of hydrogen-bond donors (Lipinski definition) is 2. The number of aromatic nitrogens is 3. The molecule has 2 N–H and O–H groups in total. The van der Waals surface area contributed by atoms with E-state index in [0.29, 0.717) is 24.0 Å². The van der Waals surface area contributed by atoms with Crippen LogP contribution < -0.4 is 16.2 Å². The Labute approximate surface area is 215 Å². The van der Waals surface area contributed by atoms with E-state index in [4.69, 9.17) is 9.84 Å². The average Bonchev–Trinajstić information content (AvgIpc) is 3.70. The monoisotopic (exact) mass is 497 g/mol. The summed E-state index contributed by atoms with van der Waals surface area (Å²) in [6.45, 7) is 2.45. The molecule has 8 heteroatoms. The summed E-state index contributed by atoms with van der Waals surface area (Å²) in [5.74, 6) is 0.986. The van der Waals surface area contributed by atoms with Gasteiger partial charge in [-0.15, -0.1) is 0 Å². The van der Waals surface area contributed by atoms with Crippen LogP contribution in [-0.2, 0) is 18.4 Å². The number of aryl methyl sites for hydroxylation is 1. The minimum absolute atomic E-state index is 0.0895. The zero-order chi connectivity index (χ0) is 25.9. The Morgan fingerprint density at radius 3 is 2.59 bits per heavy atom. The second-order valence-corrected chi connectivity index (χ2v) is 9.53. The van der Waals surface area contributed by atoms with Gasteiger partial charge in [-0.25, -0.2) is 9.48 Å². The van der Waals surface area contributed by atoms with E-state index in [2.05, 4.69) is 22.8 Å². The molecule has 5 rings (SSSR count). The van der Waals surface area contributed by atoms with Crippen molar-refractivity contribution in [2.24, 2.45) is 13.0 Å². The molecule has 2 aromatic heterocycles. The Morgan fingerprint density at radius 1 is 1.11 bits per heavy atom. The molecule has 0 bridgehead atoms. The molecule has 2 heterocycles. The fourth-order valence-corrected chi connectivity index (χ4v) is 4.64. The minimum atomic E-state index is -0.291. The number of amides is 2. The molecular formula is C29H31N5O3. The minimum Gasteiger partial charge on any atom is -0.380 e. The number of carbonyl (C=O) groups excluding carboxylic acids is 1. The van der Waals surface area contributed by atoms with E-state index in [-0.39, 0.29) is 17.6 Å². The van der Waals surface area contributed by atoms with E-state index < -0.39 is 0 Å². The lowest BCUT2D eigenvalue weighted by Gasteiger charge is -2.20. The maximum absolute atomic E-state index is 13.4. The molecule has 0 aliphatic heterocycles. The zero-order valence-electron chi connectivity index (χ0n) is 21.3. The number of methoxy groups -OCH3 is 1. The van der Waals surface area contributed by atoms with Crippen molar-refractivity contribution in [3.05, 3.63) is 100.0 Å². The van der Waals surface area contributed by atoms with Crippen LogP contribution in [0.4, 0.5) is 10.6 Å². The van der Waals surface area contributed by atoms with E-state index in [9.17, 15) is 9.59 Å². The lowest BCUT2D eigenvalue weighted by molar-refractivity contribution is 0.185. The third kappa shape index (κ3) is 5.34. The molecule has 190 valence electrons. The molecule has 8 nitrogen and oxygen atoms in total. The van der Waals surface area contributed by atoms with Crippen LogP contribution in [0.1, 0.15) is 35.6 Å². The third-order valence-corrected chi connectivity index (χ3v) is 6.72. The van der Waals surface area contributed by atoms with Crippen LogP contribution >= 0.6 is 0 Å². The number of para-hydroxylation sites is 1. The number of hydrogen-bond acceptors (Lipinski definition) is 4. The number of pyridine rings is 1. The van der Waals surface area contributed by atoms with Crippen LogP contribution in [0.2, 0.25) is 0 Å². The van der Waals surface area contributed by atoms with Crippen molar-refractivity contribution in [2.45, 2.75) is 32.4 Å². The summed E-state index contributed by atoms with van der Waals surface area (Å²) in [7, 11) is 3.39. The first-order valence-corrected chi connectivity index (χ1v) is 12.4. The van der Waals surface area contributed by atoms with Crippen LogP contribution in [0.5, 0.6) is 0 Å². The van der Waals surface area contributed by atoms with E-state index in [1.165, 1.54) is 10.6 Å². The van der Waals surface area contributed by atoms with Gasteiger partial charge in [0.15, 0.2) is 0 Å². The van der Waals surface area contributed by atoms with E-state index >= 15 is 0 Å². The molecular weight excluding hydrogens is 466 g/mol. The molecule has 1 aliphatic carbocycles. The van der Waals surface area contributed by atoms with Gasteiger partial charge in [0.1, 0.15) is 5.82 Å². The number of benzene rings is 2. The Bertz CT molecular complexity index is 1470. The number of urea groups is 1. The van der Waals surface area contributed by atoms with Crippen molar-refractivity contribution >= 4 is 11.8 Å². The fourth-order valence-electron chi connectivity index (χ4n) is 4.64.